The lowest BCUT2D eigenvalue weighted by Crippen LogP contribution is -2.27. The average Bonchev–Trinajstić information content (AvgIpc) is 2.74. The van der Waals surface area contributed by atoms with E-state index in [1.165, 1.54) is 58.2 Å². The molecule has 0 aromatic heterocycles. The first kappa shape index (κ1) is 13.0. The van der Waals surface area contributed by atoms with Gasteiger partial charge in [0, 0.05) is 6.04 Å². The Hall–Kier alpha value is -0.0800. The summed E-state index contributed by atoms with van der Waals surface area (Å²) in [5.41, 5.74) is 0. The predicted octanol–water partition coefficient (Wildman–Crippen LogP) is 2.54. The zero-order valence-electron chi connectivity index (χ0n) is 10.5. The summed E-state index contributed by atoms with van der Waals surface area (Å²) in [4.78, 5) is 0. The van der Waals surface area contributed by atoms with E-state index in [0.717, 1.165) is 5.92 Å². The van der Waals surface area contributed by atoms with Crippen molar-refractivity contribution in [3.63, 3.8) is 0 Å². The van der Waals surface area contributed by atoms with E-state index in [0.29, 0.717) is 6.04 Å². The number of unbranched alkanes of at least 4 members (excludes halogenated alkanes) is 1. The molecule has 0 bridgehead atoms. The molecule has 0 amide bonds. The highest BCUT2D eigenvalue weighted by Gasteiger charge is 2.13. The molecule has 0 aromatic rings. The fraction of sp³-hybridized carbons (Fsp3) is 1.00. The standard InChI is InChI=1S/C13H28N2/c1-3-4-6-12(2)15-9-5-7-13-8-10-14-11-13/h12-15H,3-11H2,1-2H3. The van der Waals surface area contributed by atoms with Crippen molar-refractivity contribution < 1.29 is 0 Å². The molecule has 1 rings (SSSR count). The molecule has 2 N–H and O–H groups in total. The minimum Gasteiger partial charge on any atom is -0.316 e. The van der Waals surface area contributed by atoms with Crippen LogP contribution in [0.5, 0.6) is 0 Å². The van der Waals surface area contributed by atoms with Crippen molar-refractivity contribution in [1.29, 1.82) is 0 Å². The normalized spacial score (nSPS) is 23.2. The van der Waals surface area contributed by atoms with E-state index in [1.54, 1.807) is 0 Å². The molecular weight excluding hydrogens is 184 g/mol. The second-order valence-corrected chi connectivity index (χ2v) is 5.00. The van der Waals surface area contributed by atoms with Crippen molar-refractivity contribution in [1.82, 2.24) is 10.6 Å². The van der Waals surface area contributed by atoms with E-state index in [2.05, 4.69) is 24.5 Å². The zero-order valence-corrected chi connectivity index (χ0v) is 10.5. The summed E-state index contributed by atoms with van der Waals surface area (Å²) in [6.07, 6.45) is 8.16. The van der Waals surface area contributed by atoms with Gasteiger partial charge >= 0.3 is 0 Å². The molecule has 1 aliphatic heterocycles. The van der Waals surface area contributed by atoms with Crippen molar-refractivity contribution in [2.75, 3.05) is 19.6 Å². The van der Waals surface area contributed by atoms with Crippen LogP contribution in [0.4, 0.5) is 0 Å². The molecule has 2 atom stereocenters. The number of hydrogen-bond acceptors (Lipinski definition) is 2. The first-order valence-electron chi connectivity index (χ1n) is 6.77. The van der Waals surface area contributed by atoms with E-state index >= 15 is 0 Å². The fourth-order valence-corrected chi connectivity index (χ4v) is 2.31. The summed E-state index contributed by atoms with van der Waals surface area (Å²) in [5.74, 6) is 0.956. The second-order valence-electron chi connectivity index (χ2n) is 5.00. The Labute approximate surface area is 95.2 Å². The number of rotatable bonds is 8. The van der Waals surface area contributed by atoms with Crippen molar-refractivity contribution >= 4 is 0 Å². The van der Waals surface area contributed by atoms with E-state index in [1.807, 2.05) is 0 Å². The topological polar surface area (TPSA) is 24.1 Å². The third kappa shape index (κ3) is 6.16. The summed E-state index contributed by atoms with van der Waals surface area (Å²) in [6.45, 7) is 8.28. The Morgan fingerprint density at radius 2 is 2.27 bits per heavy atom. The molecule has 0 spiro atoms. The van der Waals surface area contributed by atoms with Crippen LogP contribution in [0.15, 0.2) is 0 Å². The molecule has 15 heavy (non-hydrogen) atoms. The van der Waals surface area contributed by atoms with Crippen molar-refractivity contribution in [3.05, 3.63) is 0 Å². The van der Waals surface area contributed by atoms with Gasteiger partial charge in [0.05, 0.1) is 0 Å². The van der Waals surface area contributed by atoms with Crippen LogP contribution in [0.3, 0.4) is 0 Å². The molecule has 0 radical (unpaired) electrons. The molecule has 1 aliphatic rings. The third-order valence-corrected chi connectivity index (χ3v) is 3.44. The van der Waals surface area contributed by atoms with Gasteiger partial charge in [-0.3, -0.25) is 0 Å². The minimum atomic E-state index is 0.714. The molecule has 1 fully saturated rings. The SMILES string of the molecule is CCCCC(C)NCCCC1CCNC1. The van der Waals surface area contributed by atoms with Gasteiger partial charge in [-0.15, -0.1) is 0 Å². The third-order valence-electron chi connectivity index (χ3n) is 3.44. The maximum absolute atomic E-state index is 3.62. The molecular formula is C13H28N2. The van der Waals surface area contributed by atoms with Crippen LogP contribution in [0.25, 0.3) is 0 Å². The second kappa shape index (κ2) is 8.12. The lowest BCUT2D eigenvalue weighted by atomic mass is 10.0. The van der Waals surface area contributed by atoms with Crippen LogP contribution in [0.1, 0.15) is 52.4 Å². The summed E-state index contributed by atoms with van der Waals surface area (Å²) in [5, 5.41) is 7.05. The zero-order chi connectivity index (χ0) is 10.9. The maximum atomic E-state index is 3.62. The van der Waals surface area contributed by atoms with Gasteiger partial charge in [0.1, 0.15) is 0 Å². The quantitative estimate of drug-likeness (QED) is 0.604. The first-order chi connectivity index (χ1) is 7.33. The Balaban J connectivity index is 1.87. The lowest BCUT2D eigenvalue weighted by molar-refractivity contribution is 0.450. The number of hydrogen-bond donors (Lipinski definition) is 2. The van der Waals surface area contributed by atoms with Crippen molar-refractivity contribution in [3.8, 4) is 0 Å². The molecule has 1 saturated heterocycles. The molecule has 0 saturated carbocycles. The van der Waals surface area contributed by atoms with E-state index in [4.69, 9.17) is 0 Å². The first-order valence-corrected chi connectivity index (χ1v) is 6.77. The van der Waals surface area contributed by atoms with Crippen LogP contribution in [-0.4, -0.2) is 25.7 Å². The van der Waals surface area contributed by atoms with Crippen LogP contribution in [0, 0.1) is 5.92 Å². The Morgan fingerprint density at radius 1 is 1.40 bits per heavy atom. The summed E-state index contributed by atoms with van der Waals surface area (Å²) < 4.78 is 0. The molecule has 90 valence electrons. The van der Waals surface area contributed by atoms with Gasteiger partial charge < -0.3 is 10.6 Å². The smallest absolute Gasteiger partial charge is 0.00387 e. The van der Waals surface area contributed by atoms with E-state index in [-0.39, 0.29) is 0 Å². The van der Waals surface area contributed by atoms with Crippen molar-refractivity contribution in [2.45, 2.75) is 58.4 Å². The molecule has 2 heteroatoms. The van der Waals surface area contributed by atoms with Gasteiger partial charge in [-0.1, -0.05) is 19.8 Å². The average molecular weight is 212 g/mol. The number of nitrogens with one attached hydrogen (secondary N) is 2. The van der Waals surface area contributed by atoms with Crippen LogP contribution >= 0.6 is 0 Å². The summed E-state index contributed by atoms with van der Waals surface area (Å²) in [6, 6.07) is 0.714. The molecule has 1 heterocycles. The lowest BCUT2D eigenvalue weighted by Gasteiger charge is -2.14. The largest absolute Gasteiger partial charge is 0.316 e. The highest BCUT2D eigenvalue weighted by atomic mass is 14.9. The van der Waals surface area contributed by atoms with Crippen molar-refractivity contribution in [2.24, 2.45) is 5.92 Å². The minimum absolute atomic E-state index is 0.714. The van der Waals surface area contributed by atoms with Gasteiger partial charge in [0.2, 0.25) is 0 Å². The Bertz CT molecular complexity index is 141. The van der Waals surface area contributed by atoms with Crippen LogP contribution in [-0.2, 0) is 0 Å². The molecule has 2 unspecified atom stereocenters. The monoisotopic (exact) mass is 212 g/mol. The van der Waals surface area contributed by atoms with E-state index in [9.17, 15) is 0 Å². The van der Waals surface area contributed by atoms with Gasteiger partial charge in [-0.05, 0) is 58.2 Å². The fourth-order valence-electron chi connectivity index (χ4n) is 2.31. The molecule has 2 nitrogen and oxygen atoms in total. The van der Waals surface area contributed by atoms with Gasteiger partial charge in [-0.25, -0.2) is 0 Å². The van der Waals surface area contributed by atoms with Crippen LogP contribution < -0.4 is 10.6 Å². The Kier molecular flexibility index (Phi) is 7.03. The van der Waals surface area contributed by atoms with Gasteiger partial charge in [0.15, 0.2) is 0 Å². The van der Waals surface area contributed by atoms with Gasteiger partial charge in [0.25, 0.3) is 0 Å². The maximum Gasteiger partial charge on any atom is 0.00387 e. The Morgan fingerprint density at radius 3 is 2.93 bits per heavy atom. The predicted molar refractivity (Wildman–Crippen MR) is 67.2 cm³/mol. The molecule has 0 aromatic carbocycles. The highest BCUT2D eigenvalue weighted by Crippen LogP contribution is 2.13. The highest BCUT2D eigenvalue weighted by molar-refractivity contribution is 4.71. The summed E-state index contributed by atoms with van der Waals surface area (Å²) >= 11 is 0. The van der Waals surface area contributed by atoms with Crippen LogP contribution in [0.2, 0.25) is 0 Å². The molecule has 0 aliphatic carbocycles. The summed E-state index contributed by atoms with van der Waals surface area (Å²) in [7, 11) is 0. The van der Waals surface area contributed by atoms with E-state index < -0.39 is 0 Å². The van der Waals surface area contributed by atoms with Gasteiger partial charge in [-0.2, -0.15) is 0 Å².